The molecule has 11 heteroatoms. The highest BCUT2D eigenvalue weighted by Crippen LogP contribution is 2.41. The van der Waals surface area contributed by atoms with Gasteiger partial charge in [0.15, 0.2) is 17.0 Å². The third kappa shape index (κ3) is 4.70. The number of carbonyl (C=O) groups is 1. The molecule has 3 aromatic heterocycles. The van der Waals surface area contributed by atoms with Crippen molar-refractivity contribution in [1.29, 1.82) is 0 Å². The summed E-state index contributed by atoms with van der Waals surface area (Å²) in [6.07, 6.45) is 3.46. The summed E-state index contributed by atoms with van der Waals surface area (Å²) >= 11 is 6.65. The molecule has 0 radical (unpaired) electrons. The molecule has 1 aliphatic carbocycles. The van der Waals surface area contributed by atoms with Gasteiger partial charge in [0.25, 0.3) is 0 Å². The van der Waals surface area contributed by atoms with Gasteiger partial charge < -0.3 is 19.6 Å². The second kappa shape index (κ2) is 8.30. The summed E-state index contributed by atoms with van der Waals surface area (Å²) in [5.41, 5.74) is 7.27. The van der Waals surface area contributed by atoms with Gasteiger partial charge in [0, 0.05) is 11.0 Å². The average Bonchev–Trinajstić information content (AvgIpc) is 3.17. The van der Waals surface area contributed by atoms with E-state index in [-0.39, 0.29) is 24.0 Å². The molecule has 0 spiro atoms. The van der Waals surface area contributed by atoms with Crippen LogP contribution in [-0.2, 0) is 23.2 Å². The summed E-state index contributed by atoms with van der Waals surface area (Å²) in [5.74, 6) is 1.54. The van der Waals surface area contributed by atoms with Crippen LogP contribution in [0.2, 0.25) is 5.02 Å². The maximum atomic E-state index is 11.3. The Bertz CT molecular complexity index is 1430. The molecule has 35 heavy (non-hydrogen) atoms. The number of halogens is 1. The van der Waals surface area contributed by atoms with Crippen LogP contribution >= 0.6 is 11.6 Å². The molecule has 2 N–H and O–H groups in total. The monoisotopic (exact) mass is 495 g/mol. The molecule has 0 saturated heterocycles. The lowest BCUT2D eigenvalue weighted by Gasteiger charge is -2.11. The highest BCUT2D eigenvalue weighted by atomic mass is 35.5. The largest absolute Gasteiger partial charge is 0.470 e. The van der Waals surface area contributed by atoms with Crippen LogP contribution in [-0.4, -0.2) is 41.2 Å². The second-order valence-electron chi connectivity index (χ2n) is 10.1. The molecule has 3 heterocycles. The Hall–Kier alpha value is -3.53. The summed E-state index contributed by atoms with van der Waals surface area (Å²) in [6, 6.07) is 5.33. The molecule has 182 valence electrons. The van der Waals surface area contributed by atoms with Crippen molar-refractivity contribution < 1.29 is 14.1 Å². The van der Waals surface area contributed by atoms with Gasteiger partial charge in [-0.3, -0.25) is 4.79 Å². The SMILES string of the molecule is CC1(Oc2ncnc3c2nc(-c2ccc(CC(N)=O)cc2Cl)n3Cc2noc(C(C)(C)C)n2)CC1. The Morgan fingerprint density at radius 3 is 2.66 bits per heavy atom. The van der Waals surface area contributed by atoms with Gasteiger partial charge in [0.1, 0.15) is 17.8 Å². The highest BCUT2D eigenvalue weighted by Gasteiger charge is 2.41. The molecule has 1 fully saturated rings. The zero-order valence-electron chi connectivity index (χ0n) is 20.0. The first kappa shape index (κ1) is 23.2. The maximum absolute atomic E-state index is 11.3. The zero-order valence-corrected chi connectivity index (χ0v) is 20.8. The third-order valence-electron chi connectivity index (χ3n) is 5.86. The van der Waals surface area contributed by atoms with Crippen LogP contribution in [0.5, 0.6) is 5.88 Å². The number of hydrogen-bond donors (Lipinski definition) is 1. The standard InChI is InChI=1S/C24H26ClN7O3/c1-23(2,3)22-29-17(31-35-22)11-32-19(14-6-5-13(9-15(14)25)10-16(26)33)30-18-20(32)27-12-28-21(18)34-24(4)7-8-24/h5-6,9,12H,7-8,10-11H2,1-4H3,(H2,26,33). The lowest BCUT2D eigenvalue weighted by molar-refractivity contribution is -0.117. The summed E-state index contributed by atoms with van der Waals surface area (Å²) < 4.78 is 13.5. The number of imidazole rings is 1. The minimum absolute atomic E-state index is 0.0941. The number of primary amides is 1. The van der Waals surface area contributed by atoms with Crippen molar-refractivity contribution in [2.24, 2.45) is 5.73 Å². The zero-order chi connectivity index (χ0) is 25.0. The third-order valence-corrected chi connectivity index (χ3v) is 6.17. The Morgan fingerprint density at radius 2 is 2.03 bits per heavy atom. The molecule has 0 unspecified atom stereocenters. The fraction of sp³-hybridized carbons (Fsp3) is 0.417. The summed E-state index contributed by atoms with van der Waals surface area (Å²) in [6.45, 7) is 8.31. The molecule has 10 nitrogen and oxygen atoms in total. The van der Waals surface area contributed by atoms with Gasteiger partial charge in [0.2, 0.25) is 17.7 Å². The van der Waals surface area contributed by atoms with E-state index in [9.17, 15) is 4.79 Å². The number of nitrogens with zero attached hydrogens (tertiary/aromatic N) is 6. The second-order valence-corrected chi connectivity index (χ2v) is 10.6. The van der Waals surface area contributed by atoms with E-state index in [0.29, 0.717) is 50.7 Å². The van der Waals surface area contributed by atoms with Gasteiger partial charge in [-0.15, -0.1) is 0 Å². The van der Waals surface area contributed by atoms with Crippen molar-refractivity contribution in [3.63, 3.8) is 0 Å². The molecule has 0 bridgehead atoms. The molecule has 0 atom stereocenters. The van der Waals surface area contributed by atoms with Gasteiger partial charge >= 0.3 is 0 Å². The first-order chi connectivity index (χ1) is 16.5. The topological polar surface area (TPSA) is 135 Å². The molecular weight excluding hydrogens is 470 g/mol. The highest BCUT2D eigenvalue weighted by molar-refractivity contribution is 6.33. The number of ether oxygens (including phenoxy) is 1. The Labute approximate surface area is 206 Å². The smallest absolute Gasteiger partial charge is 0.245 e. The quantitative estimate of drug-likeness (QED) is 0.408. The number of carbonyl (C=O) groups excluding carboxylic acids is 1. The maximum Gasteiger partial charge on any atom is 0.245 e. The van der Waals surface area contributed by atoms with Crippen LogP contribution < -0.4 is 10.5 Å². The summed E-state index contributed by atoms with van der Waals surface area (Å²) in [7, 11) is 0. The number of amides is 1. The first-order valence-electron chi connectivity index (χ1n) is 11.3. The Kier molecular flexibility index (Phi) is 5.51. The van der Waals surface area contributed by atoms with Crippen LogP contribution in [0.3, 0.4) is 0 Å². The summed E-state index contributed by atoms with van der Waals surface area (Å²) in [5, 5.41) is 4.59. The molecule has 4 aromatic rings. The van der Waals surface area contributed by atoms with E-state index in [2.05, 4.69) is 20.1 Å². The average molecular weight is 496 g/mol. The van der Waals surface area contributed by atoms with Gasteiger partial charge in [-0.2, -0.15) is 9.97 Å². The van der Waals surface area contributed by atoms with Crippen LogP contribution in [0, 0.1) is 0 Å². The first-order valence-corrected chi connectivity index (χ1v) is 11.7. The molecule has 1 saturated carbocycles. The lowest BCUT2D eigenvalue weighted by Crippen LogP contribution is -2.13. The molecule has 1 amide bonds. The predicted molar refractivity (Wildman–Crippen MR) is 129 cm³/mol. The Morgan fingerprint density at radius 1 is 1.26 bits per heavy atom. The number of aromatic nitrogens is 6. The number of nitrogens with two attached hydrogens (primary N) is 1. The van der Waals surface area contributed by atoms with E-state index < -0.39 is 5.91 Å². The minimum atomic E-state index is -0.432. The molecule has 0 aliphatic heterocycles. The van der Waals surface area contributed by atoms with Crippen molar-refractivity contribution >= 4 is 28.7 Å². The van der Waals surface area contributed by atoms with E-state index in [1.54, 1.807) is 12.1 Å². The van der Waals surface area contributed by atoms with E-state index in [1.807, 2.05) is 38.3 Å². The number of rotatable bonds is 7. The van der Waals surface area contributed by atoms with E-state index in [0.717, 1.165) is 12.8 Å². The predicted octanol–water partition coefficient (Wildman–Crippen LogP) is 3.83. The van der Waals surface area contributed by atoms with E-state index in [1.165, 1.54) is 6.33 Å². The molecular formula is C24H26ClN7O3. The van der Waals surface area contributed by atoms with Crippen molar-refractivity contribution in [2.75, 3.05) is 0 Å². The van der Waals surface area contributed by atoms with Crippen LogP contribution in [0.15, 0.2) is 29.0 Å². The number of hydrogen-bond acceptors (Lipinski definition) is 8. The Balaban J connectivity index is 1.63. The minimum Gasteiger partial charge on any atom is -0.470 e. The van der Waals surface area contributed by atoms with E-state index in [4.69, 9.17) is 31.6 Å². The van der Waals surface area contributed by atoms with Gasteiger partial charge in [-0.25, -0.2) is 9.97 Å². The normalized spacial score (nSPS) is 14.9. The van der Waals surface area contributed by atoms with Crippen molar-refractivity contribution in [1.82, 2.24) is 29.7 Å². The molecule has 1 aliphatic rings. The molecule has 5 rings (SSSR count). The molecule has 1 aromatic carbocycles. The summed E-state index contributed by atoms with van der Waals surface area (Å²) in [4.78, 5) is 29.6. The number of benzene rings is 1. The van der Waals surface area contributed by atoms with Gasteiger partial charge in [-0.1, -0.05) is 43.6 Å². The van der Waals surface area contributed by atoms with Crippen molar-refractivity contribution in [3.05, 3.63) is 46.8 Å². The van der Waals surface area contributed by atoms with Crippen LogP contribution in [0.1, 0.15) is 57.8 Å². The lowest BCUT2D eigenvalue weighted by atomic mass is 9.97. The van der Waals surface area contributed by atoms with E-state index >= 15 is 0 Å². The fourth-order valence-corrected chi connectivity index (χ4v) is 3.96. The van der Waals surface area contributed by atoms with Crippen molar-refractivity contribution in [3.8, 4) is 17.3 Å². The fourth-order valence-electron chi connectivity index (χ4n) is 3.67. The van der Waals surface area contributed by atoms with Gasteiger partial charge in [0.05, 0.1) is 18.0 Å². The van der Waals surface area contributed by atoms with Gasteiger partial charge in [-0.05, 0) is 37.5 Å². The van der Waals surface area contributed by atoms with Crippen LogP contribution in [0.25, 0.3) is 22.6 Å². The van der Waals surface area contributed by atoms with Crippen LogP contribution in [0.4, 0.5) is 0 Å². The number of fused-ring (bicyclic) bond motifs is 1. The van der Waals surface area contributed by atoms with Crippen molar-refractivity contribution in [2.45, 2.75) is 64.5 Å².